The smallest absolute Gasteiger partial charge is 0.315 e. The van der Waals surface area contributed by atoms with E-state index in [0.717, 1.165) is 16.9 Å². The zero-order valence-corrected chi connectivity index (χ0v) is 8.16. The molecule has 2 rings (SSSR count). The third-order valence-electron chi connectivity index (χ3n) is 1.86. The lowest BCUT2D eigenvalue weighted by molar-refractivity contribution is -0.132. The summed E-state index contributed by atoms with van der Waals surface area (Å²) < 4.78 is 10.1. The van der Waals surface area contributed by atoms with Gasteiger partial charge < -0.3 is 9.05 Å². The van der Waals surface area contributed by atoms with Gasteiger partial charge in [-0.15, -0.1) is 0 Å². The maximum Gasteiger partial charge on any atom is 0.315 e. The summed E-state index contributed by atoms with van der Waals surface area (Å²) in [5.74, 6) is 0.546. The van der Waals surface area contributed by atoms with Crippen LogP contribution in [-0.2, 0) is 15.7 Å². The van der Waals surface area contributed by atoms with Gasteiger partial charge in [0, 0.05) is 5.56 Å². The average Bonchev–Trinajstić information content (AvgIpc) is 2.25. The highest BCUT2D eigenvalue weighted by Crippen LogP contribution is 2.31. The highest BCUT2D eigenvalue weighted by atomic mass is 31.1. The Kier molecular flexibility index (Phi) is 2.19. The van der Waals surface area contributed by atoms with Crippen LogP contribution in [0, 0.1) is 6.92 Å². The molecule has 0 aromatic heterocycles. The number of benzene rings is 1. The number of hydrogen-bond donors (Lipinski definition) is 0. The van der Waals surface area contributed by atoms with E-state index in [-0.39, 0.29) is 15.0 Å². The van der Waals surface area contributed by atoms with E-state index in [1.54, 1.807) is 0 Å². The van der Waals surface area contributed by atoms with Gasteiger partial charge in [-0.05, 0) is 18.6 Å². The van der Waals surface area contributed by atoms with Gasteiger partial charge in [-0.1, -0.05) is 12.1 Å². The molecule has 0 fully saturated rings. The molecule has 0 saturated carbocycles. The van der Waals surface area contributed by atoms with Crippen LogP contribution in [0.2, 0.25) is 0 Å². The molecule has 1 atom stereocenters. The van der Waals surface area contributed by atoms with Crippen molar-refractivity contribution in [2.75, 3.05) is 0 Å². The van der Waals surface area contributed by atoms with E-state index in [4.69, 9.17) is 9.05 Å². The van der Waals surface area contributed by atoms with Crippen molar-refractivity contribution in [1.29, 1.82) is 0 Å². The van der Waals surface area contributed by atoms with E-state index in [0.29, 0.717) is 6.42 Å². The quantitative estimate of drug-likeness (QED) is 0.595. The van der Waals surface area contributed by atoms with Crippen LogP contribution in [0.25, 0.3) is 0 Å². The first kappa shape index (κ1) is 8.52. The largest absolute Gasteiger partial charge is 0.440 e. The number of fused-ring (bicyclic) bond motifs is 1. The van der Waals surface area contributed by atoms with Gasteiger partial charge in [0.1, 0.15) is 5.75 Å². The Balaban J connectivity index is 2.40. The number of hydrogen-bond acceptors (Lipinski definition) is 3. The van der Waals surface area contributed by atoms with Crippen molar-refractivity contribution in [3.63, 3.8) is 0 Å². The van der Waals surface area contributed by atoms with Crippen molar-refractivity contribution in [3.05, 3.63) is 29.3 Å². The molecule has 1 aliphatic rings. The molecular formula is C9H9O3P. The summed E-state index contributed by atoms with van der Waals surface area (Å²) in [7, 11) is -0.211. The lowest BCUT2D eigenvalue weighted by Crippen LogP contribution is -1.99. The van der Waals surface area contributed by atoms with Crippen LogP contribution in [0.3, 0.4) is 0 Å². The maximum atomic E-state index is 11.0. The third-order valence-corrected chi connectivity index (χ3v) is 2.48. The second kappa shape index (κ2) is 3.35. The normalized spacial score (nSPS) is 17.2. The summed E-state index contributed by atoms with van der Waals surface area (Å²) >= 11 is 0. The molecule has 0 N–H and O–H groups in total. The van der Waals surface area contributed by atoms with Crippen LogP contribution in [-0.4, -0.2) is 5.97 Å². The predicted molar refractivity (Wildman–Crippen MR) is 49.9 cm³/mol. The molecule has 1 unspecified atom stereocenters. The van der Waals surface area contributed by atoms with Crippen LogP contribution in [0.1, 0.15) is 11.1 Å². The van der Waals surface area contributed by atoms with Crippen molar-refractivity contribution in [2.45, 2.75) is 13.3 Å². The van der Waals surface area contributed by atoms with E-state index in [1.807, 2.05) is 25.1 Å². The molecule has 0 saturated heterocycles. The Bertz CT molecular complexity index is 349. The highest BCUT2D eigenvalue weighted by Gasteiger charge is 2.15. The van der Waals surface area contributed by atoms with Crippen LogP contribution in [0.5, 0.6) is 5.75 Å². The Morgan fingerprint density at radius 1 is 1.38 bits per heavy atom. The van der Waals surface area contributed by atoms with Crippen LogP contribution < -0.4 is 4.52 Å². The first-order chi connectivity index (χ1) is 6.25. The lowest BCUT2D eigenvalue weighted by Gasteiger charge is -2.04. The molecule has 3 nitrogen and oxygen atoms in total. The molecule has 0 aliphatic carbocycles. The maximum absolute atomic E-state index is 11.0. The van der Waals surface area contributed by atoms with Crippen LogP contribution in [0.4, 0.5) is 0 Å². The van der Waals surface area contributed by atoms with Crippen molar-refractivity contribution < 1.29 is 13.8 Å². The van der Waals surface area contributed by atoms with Gasteiger partial charge in [-0.25, -0.2) is 0 Å². The van der Waals surface area contributed by atoms with E-state index in [9.17, 15) is 4.79 Å². The summed E-state index contributed by atoms with van der Waals surface area (Å²) in [6.45, 7) is 1.99. The van der Waals surface area contributed by atoms with Crippen molar-refractivity contribution >= 4 is 15.0 Å². The predicted octanol–water partition coefficient (Wildman–Crippen LogP) is 1.98. The molecule has 0 bridgehead atoms. The molecule has 1 aromatic carbocycles. The minimum atomic E-state index is -0.221. The molecule has 1 heterocycles. The van der Waals surface area contributed by atoms with Crippen LogP contribution in [0.15, 0.2) is 18.2 Å². The Morgan fingerprint density at radius 2 is 2.23 bits per heavy atom. The number of carbonyl (C=O) groups excluding carboxylic acids is 1. The number of carbonyl (C=O) groups is 1. The fourth-order valence-electron chi connectivity index (χ4n) is 1.21. The zero-order chi connectivity index (χ0) is 9.26. The van der Waals surface area contributed by atoms with E-state index in [2.05, 4.69) is 0 Å². The first-order valence-electron chi connectivity index (χ1n) is 3.97. The Hall–Kier alpha value is -1.08. The molecule has 1 aromatic rings. The van der Waals surface area contributed by atoms with Gasteiger partial charge in [0.25, 0.3) is 9.03 Å². The fourth-order valence-corrected chi connectivity index (χ4v) is 1.69. The lowest BCUT2D eigenvalue weighted by atomic mass is 10.1. The second-order valence-electron chi connectivity index (χ2n) is 2.95. The monoisotopic (exact) mass is 196 g/mol. The molecule has 0 radical (unpaired) electrons. The van der Waals surface area contributed by atoms with Gasteiger partial charge >= 0.3 is 5.97 Å². The van der Waals surface area contributed by atoms with E-state index < -0.39 is 0 Å². The summed E-state index contributed by atoms with van der Waals surface area (Å²) in [6, 6.07) is 5.79. The number of aryl methyl sites for hydroxylation is 1. The van der Waals surface area contributed by atoms with Crippen molar-refractivity contribution in [1.82, 2.24) is 0 Å². The average molecular weight is 196 g/mol. The van der Waals surface area contributed by atoms with Gasteiger partial charge in [-0.2, -0.15) is 0 Å². The highest BCUT2D eigenvalue weighted by molar-refractivity contribution is 7.27. The fraction of sp³-hybridized carbons (Fsp3) is 0.222. The van der Waals surface area contributed by atoms with Gasteiger partial charge in [-0.3, -0.25) is 4.79 Å². The molecule has 0 spiro atoms. The minimum Gasteiger partial charge on any atom is -0.440 e. The van der Waals surface area contributed by atoms with Gasteiger partial charge in [0.2, 0.25) is 0 Å². The molecule has 4 heteroatoms. The SMILES string of the molecule is Cc1ccc2c(c1)OPOC(=O)C2. The van der Waals surface area contributed by atoms with Gasteiger partial charge in [0.05, 0.1) is 6.42 Å². The summed E-state index contributed by atoms with van der Waals surface area (Å²) in [4.78, 5) is 11.0. The molecule has 1 aliphatic heterocycles. The zero-order valence-electron chi connectivity index (χ0n) is 7.16. The molecule has 68 valence electrons. The third kappa shape index (κ3) is 1.81. The summed E-state index contributed by atoms with van der Waals surface area (Å²) in [6.07, 6.45) is 0.308. The molecule has 0 amide bonds. The van der Waals surface area contributed by atoms with Crippen molar-refractivity contribution in [2.24, 2.45) is 0 Å². The Labute approximate surface area is 78.0 Å². The molecular weight excluding hydrogens is 187 g/mol. The Morgan fingerprint density at radius 3 is 3.08 bits per heavy atom. The number of rotatable bonds is 0. The van der Waals surface area contributed by atoms with E-state index in [1.165, 1.54) is 0 Å². The first-order valence-corrected chi connectivity index (χ1v) is 4.78. The minimum absolute atomic E-state index is 0.211. The molecule has 13 heavy (non-hydrogen) atoms. The second-order valence-corrected chi connectivity index (χ2v) is 3.52. The standard InChI is InChI=1S/C9H9O3P/c1-6-2-3-7-5-9(10)12-13-11-8(7)4-6/h2-4,13H,5H2,1H3. The topological polar surface area (TPSA) is 35.5 Å². The summed E-state index contributed by atoms with van der Waals surface area (Å²) in [5, 5.41) is 0. The van der Waals surface area contributed by atoms with E-state index >= 15 is 0 Å². The van der Waals surface area contributed by atoms with Crippen LogP contribution >= 0.6 is 9.03 Å². The van der Waals surface area contributed by atoms with Crippen molar-refractivity contribution in [3.8, 4) is 5.75 Å². The summed E-state index contributed by atoms with van der Waals surface area (Å²) in [5.41, 5.74) is 2.03. The van der Waals surface area contributed by atoms with Gasteiger partial charge in [0.15, 0.2) is 0 Å².